The summed E-state index contributed by atoms with van der Waals surface area (Å²) in [6, 6.07) is 7.49. The number of nitrogens with one attached hydrogen (secondary N) is 1. The first-order valence-electron chi connectivity index (χ1n) is 7.42. The van der Waals surface area contributed by atoms with E-state index in [-0.39, 0.29) is 5.91 Å². The summed E-state index contributed by atoms with van der Waals surface area (Å²) in [6.45, 7) is 4.18. The molecule has 1 amide bonds. The van der Waals surface area contributed by atoms with Crippen LogP contribution >= 0.6 is 11.6 Å². The molecule has 0 radical (unpaired) electrons. The molecule has 0 saturated heterocycles. The van der Waals surface area contributed by atoms with E-state index in [4.69, 9.17) is 16.0 Å². The van der Waals surface area contributed by atoms with Gasteiger partial charge in [-0.05, 0) is 38.1 Å². The average Bonchev–Trinajstić information content (AvgIpc) is 2.98. The normalized spacial score (nSPS) is 11.1. The quantitative estimate of drug-likeness (QED) is 0.797. The van der Waals surface area contributed by atoms with Crippen LogP contribution in [0.15, 0.2) is 28.7 Å². The van der Waals surface area contributed by atoms with Gasteiger partial charge >= 0.3 is 0 Å². The zero-order chi connectivity index (χ0) is 16.6. The minimum absolute atomic E-state index is 0.197. The lowest BCUT2D eigenvalue weighted by molar-refractivity contribution is 0.0924. The molecule has 5 nitrogen and oxygen atoms in total. The number of benzene rings is 1. The van der Waals surface area contributed by atoms with Crippen molar-refractivity contribution < 1.29 is 9.21 Å². The molecule has 1 N–H and O–H groups in total. The number of aryl methyl sites for hydroxylation is 3. The Morgan fingerprint density at radius 2 is 2.13 bits per heavy atom. The molecule has 0 spiro atoms. The van der Waals surface area contributed by atoms with Crippen molar-refractivity contribution in [2.75, 3.05) is 6.54 Å². The van der Waals surface area contributed by atoms with Crippen molar-refractivity contribution in [1.82, 2.24) is 14.9 Å². The Hall–Kier alpha value is -2.27. The van der Waals surface area contributed by atoms with E-state index in [1.807, 2.05) is 49.7 Å². The second-order valence-electron chi connectivity index (χ2n) is 5.60. The molecule has 0 unspecified atom stereocenters. The molecular weight excluding hydrogens is 314 g/mol. The minimum atomic E-state index is -0.197. The van der Waals surface area contributed by atoms with Crippen molar-refractivity contribution in [3.05, 3.63) is 52.2 Å². The van der Waals surface area contributed by atoms with Crippen LogP contribution in [0.4, 0.5) is 0 Å². The lowest BCUT2D eigenvalue weighted by Gasteiger charge is -2.05. The smallest absolute Gasteiger partial charge is 0.287 e. The van der Waals surface area contributed by atoms with Gasteiger partial charge in [-0.25, -0.2) is 4.98 Å². The Morgan fingerprint density at radius 3 is 2.83 bits per heavy atom. The number of rotatable bonds is 4. The van der Waals surface area contributed by atoms with Crippen LogP contribution in [0.1, 0.15) is 27.7 Å². The number of hydrogen-bond donors (Lipinski definition) is 1. The standard InChI is InChI=1S/C17H18ClN3O2/c1-10-8-11(2)23-16(10)17(22)19-7-6-15-20-13-9-12(18)4-5-14(13)21(15)3/h4-5,8-9H,6-7H2,1-3H3,(H,19,22). The van der Waals surface area contributed by atoms with E-state index in [0.29, 0.717) is 23.7 Å². The topological polar surface area (TPSA) is 60.1 Å². The summed E-state index contributed by atoms with van der Waals surface area (Å²) >= 11 is 5.99. The van der Waals surface area contributed by atoms with Crippen molar-refractivity contribution in [1.29, 1.82) is 0 Å². The molecule has 0 fully saturated rings. The van der Waals surface area contributed by atoms with Crippen LogP contribution in [0.5, 0.6) is 0 Å². The van der Waals surface area contributed by atoms with Gasteiger partial charge in [0.15, 0.2) is 5.76 Å². The molecular formula is C17H18ClN3O2. The van der Waals surface area contributed by atoms with Crippen molar-refractivity contribution >= 4 is 28.5 Å². The van der Waals surface area contributed by atoms with Gasteiger partial charge in [-0.15, -0.1) is 0 Å². The largest absolute Gasteiger partial charge is 0.456 e. The number of nitrogens with zero attached hydrogens (tertiary/aromatic N) is 2. The van der Waals surface area contributed by atoms with Crippen LogP contribution in [-0.4, -0.2) is 22.0 Å². The second-order valence-corrected chi connectivity index (χ2v) is 6.03. The third-order valence-corrected chi connectivity index (χ3v) is 4.05. The molecule has 1 aromatic carbocycles. The van der Waals surface area contributed by atoms with Crippen LogP contribution in [-0.2, 0) is 13.5 Å². The van der Waals surface area contributed by atoms with Gasteiger partial charge in [0.2, 0.25) is 0 Å². The van der Waals surface area contributed by atoms with E-state index < -0.39 is 0 Å². The fourth-order valence-electron chi connectivity index (χ4n) is 2.68. The molecule has 0 aliphatic heterocycles. The predicted octanol–water partition coefficient (Wildman–Crippen LogP) is 3.41. The highest BCUT2D eigenvalue weighted by atomic mass is 35.5. The Balaban J connectivity index is 1.68. The number of imidazole rings is 1. The lowest BCUT2D eigenvalue weighted by Crippen LogP contribution is -2.26. The number of fused-ring (bicyclic) bond motifs is 1. The summed E-state index contributed by atoms with van der Waals surface area (Å²) in [5.74, 6) is 1.81. The molecule has 6 heteroatoms. The molecule has 2 heterocycles. The van der Waals surface area contributed by atoms with Gasteiger partial charge in [-0.1, -0.05) is 11.6 Å². The monoisotopic (exact) mass is 331 g/mol. The van der Waals surface area contributed by atoms with Crippen molar-refractivity contribution in [2.24, 2.45) is 7.05 Å². The van der Waals surface area contributed by atoms with E-state index in [1.54, 1.807) is 0 Å². The molecule has 0 aliphatic rings. The Bertz CT molecular complexity index is 879. The maximum absolute atomic E-state index is 12.1. The van der Waals surface area contributed by atoms with Crippen LogP contribution in [0.25, 0.3) is 11.0 Å². The third-order valence-electron chi connectivity index (χ3n) is 3.82. The average molecular weight is 332 g/mol. The van der Waals surface area contributed by atoms with E-state index in [0.717, 1.165) is 28.2 Å². The Kier molecular flexibility index (Phi) is 4.13. The van der Waals surface area contributed by atoms with Gasteiger partial charge in [0.1, 0.15) is 11.6 Å². The fourth-order valence-corrected chi connectivity index (χ4v) is 2.85. The van der Waals surface area contributed by atoms with Crippen LogP contribution in [0.3, 0.4) is 0 Å². The van der Waals surface area contributed by atoms with Crippen LogP contribution in [0.2, 0.25) is 5.02 Å². The maximum Gasteiger partial charge on any atom is 0.287 e. The van der Waals surface area contributed by atoms with Crippen molar-refractivity contribution in [3.63, 3.8) is 0 Å². The molecule has 3 rings (SSSR count). The highest BCUT2D eigenvalue weighted by molar-refractivity contribution is 6.31. The van der Waals surface area contributed by atoms with Gasteiger partial charge in [-0.2, -0.15) is 0 Å². The van der Waals surface area contributed by atoms with Crippen LogP contribution < -0.4 is 5.32 Å². The first-order chi connectivity index (χ1) is 11.0. The molecule has 0 bridgehead atoms. The van der Waals surface area contributed by atoms with Gasteiger partial charge in [-0.3, -0.25) is 4.79 Å². The number of furan rings is 1. The summed E-state index contributed by atoms with van der Waals surface area (Å²) < 4.78 is 7.43. The summed E-state index contributed by atoms with van der Waals surface area (Å²) in [4.78, 5) is 16.7. The van der Waals surface area contributed by atoms with Gasteiger partial charge < -0.3 is 14.3 Å². The fraction of sp³-hybridized carbons (Fsp3) is 0.294. The highest BCUT2D eigenvalue weighted by Gasteiger charge is 2.14. The third kappa shape index (κ3) is 3.10. The lowest BCUT2D eigenvalue weighted by atomic mass is 10.2. The van der Waals surface area contributed by atoms with E-state index in [2.05, 4.69) is 10.3 Å². The number of amides is 1. The molecule has 0 saturated carbocycles. The SMILES string of the molecule is Cc1cc(C)c(C(=O)NCCc2nc3cc(Cl)ccc3n2C)o1. The summed E-state index contributed by atoms with van der Waals surface area (Å²) in [6.07, 6.45) is 0.632. The summed E-state index contributed by atoms with van der Waals surface area (Å²) in [5, 5.41) is 3.54. The first kappa shape index (κ1) is 15.6. The number of aromatic nitrogens is 2. The van der Waals surface area contributed by atoms with Crippen molar-refractivity contribution in [2.45, 2.75) is 20.3 Å². The van der Waals surface area contributed by atoms with E-state index in [1.165, 1.54) is 0 Å². The number of hydrogen-bond acceptors (Lipinski definition) is 3. The summed E-state index contributed by atoms with van der Waals surface area (Å²) in [7, 11) is 1.96. The van der Waals surface area contributed by atoms with Gasteiger partial charge in [0, 0.05) is 30.6 Å². The second kappa shape index (κ2) is 6.08. The number of halogens is 1. The summed E-state index contributed by atoms with van der Waals surface area (Å²) in [5.41, 5.74) is 2.73. The predicted molar refractivity (Wildman–Crippen MR) is 89.9 cm³/mol. The zero-order valence-corrected chi connectivity index (χ0v) is 14.1. The van der Waals surface area contributed by atoms with Gasteiger partial charge in [0.05, 0.1) is 11.0 Å². The van der Waals surface area contributed by atoms with Crippen LogP contribution in [0, 0.1) is 13.8 Å². The minimum Gasteiger partial charge on any atom is -0.456 e. The Labute approximate surface area is 139 Å². The zero-order valence-electron chi connectivity index (χ0n) is 13.3. The van der Waals surface area contributed by atoms with E-state index in [9.17, 15) is 4.79 Å². The maximum atomic E-state index is 12.1. The molecule has 2 aromatic heterocycles. The Morgan fingerprint density at radius 1 is 1.35 bits per heavy atom. The number of carbonyl (C=O) groups excluding carboxylic acids is 1. The molecule has 0 atom stereocenters. The number of carbonyl (C=O) groups is 1. The molecule has 3 aromatic rings. The molecule has 0 aliphatic carbocycles. The molecule has 120 valence electrons. The highest BCUT2D eigenvalue weighted by Crippen LogP contribution is 2.19. The molecule has 23 heavy (non-hydrogen) atoms. The van der Waals surface area contributed by atoms with Crippen molar-refractivity contribution in [3.8, 4) is 0 Å². The van der Waals surface area contributed by atoms with Gasteiger partial charge in [0.25, 0.3) is 5.91 Å². The first-order valence-corrected chi connectivity index (χ1v) is 7.79. The van der Waals surface area contributed by atoms with E-state index >= 15 is 0 Å².